The lowest BCUT2D eigenvalue weighted by Crippen LogP contribution is -1.91. The average Bonchev–Trinajstić information content (AvgIpc) is 2.36. The third-order valence-electron chi connectivity index (χ3n) is 2.24. The second kappa shape index (κ2) is 5.78. The van der Waals surface area contributed by atoms with Crippen molar-refractivity contribution in [2.24, 2.45) is 0 Å². The van der Waals surface area contributed by atoms with Gasteiger partial charge < -0.3 is 5.11 Å². The minimum absolute atomic E-state index is 0.481. The van der Waals surface area contributed by atoms with Crippen molar-refractivity contribution in [1.29, 1.82) is 0 Å². The summed E-state index contributed by atoms with van der Waals surface area (Å²) in [6.45, 7) is 0. The van der Waals surface area contributed by atoms with Crippen molar-refractivity contribution in [1.82, 2.24) is 0 Å². The van der Waals surface area contributed by atoms with Crippen LogP contribution in [-0.4, -0.2) is 5.11 Å². The van der Waals surface area contributed by atoms with Gasteiger partial charge in [0.05, 0.1) is 10.0 Å². The minimum Gasteiger partial charge on any atom is -0.378 e. The van der Waals surface area contributed by atoms with Gasteiger partial charge in [-0.2, -0.15) is 0 Å². The number of aliphatic hydroxyl groups is 1. The van der Waals surface area contributed by atoms with E-state index in [2.05, 4.69) is 0 Å². The summed E-state index contributed by atoms with van der Waals surface area (Å²) in [4.78, 5) is 0.774. The van der Waals surface area contributed by atoms with Crippen LogP contribution in [0.25, 0.3) is 0 Å². The first-order valence-electron chi connectivity index (χ1n) is 5.02. The van der Waals surface area contributed by atoms with Crippen molar-refractivity contribution in [3.8, 4) is 0 Å². The fraction of sp³-hybridized carbons (Fsp3) is 0.0769. The Hall–Kier alpha value is -0.670. The molecule has 0 spiro atoms. The molecule has 1 unspecified atom stereocenters. The standard InChI is InChI=1S/C13H10Cl2OS/c14-10-7-4-8-11(12(10)15)17-13(16)9-5-2-1-3-6-9/h1-8,13,16H. The first-order chi connectivity index (χ1) is 8.18. The molecule has 2 aromatic rings. The van der Waals surface area contributed by atoms with Crippen LogP contribution in [0.5, 0.6) is 0 Å². The second-order valence-electron chi connectivity index (χ2n) is 3.43. The van der Waals surface area contributed by atoms with E-state index in [0.29, 0.717) is 10.0 Å². The zero-order chi connectivity index (χ0) is 12.3. The predicted molar refractivity (Wildman–Crippen MR) is 73.7 cm³/mol. The van der Waals surface area contributed by atoms with Gasteiger partial charge in [-0.25, -0.2) is 0 Å². The summed E-state index contributed by atoms with van der Waals surface area (Å²) < 4.78 is 0. The number of benzene rings is 2. The molecule has 0 aromatic heterocycles. The maximum atomic E-state index is 10.1. The zero-order valence-corrected chi connectivity index (χ0v) is 11.1. The topological polar surface area (TPSA) is 20.2 Å². The maximum absolute atomic E-state index is 10.1. The molecule has 0 radical (unpaired) electrons. The zero-order valence-electron chi connectivity index (χ0n) is 8.81. The highest BCUT2D eigenvalue weighted by atomic mass is 35.5. The smallest absolute Gasteiger partial charge is 0.129 e. The van der Waals surface area contributed by atoms with Crippen molar-refractivity contribution in [2.45, 2.75) is 10.3 Å². The number of halogens is 2. The molecule has 0 fully saturated rings. The lowest BCUT2D eigenvalue weighted by molar-refractivity contribution is 0.270. The third kappa shape index (κ3) is 3.17. The molecule has 1 N–H and O–H groups in total. The molecule has 17 heavy (non-hydrogen) atoms. The van der Waals surface area contributed by atoms with E-state index < -0.39 is 5.44 Å². The molecule has 0 heterocycles. The summed E-state index contributed by atoms with van der Waals surface area (Å²) in [6, 6.07) is 14.8. The third-order valence-corrected chi connectivity index (χ3v) is 4.26. The van der Waals surface area contributed by atoms with Crippen LogP contribution in [0.15, 0.2) is 53.4 Å². The molecule has 0 bridgehead atoms. The van der Waals surface area contributed by atoms with Gasteiger partial charge in [-0.3, -0.25) is 0 Å². The lowest BCUT2D eigenvalue weighted by atomic mass is 10.2. The highest BCUT2D eigenvalue weighted by molar-refractivity contribution is 7.99. The summed E-state index contributed by atoms with van der Waals surface area (Å²) in [5, 5.41) is 11.0. The van der Waals surface area contributed by atoms with Crippen molar-refractivity contribution in [2.75, 3.05) is 0 Å². The predicted octanol–water partition coefficient (Wildman–Crippen LogP) is 4.78. The minimum atomic E-state index is -0.646. The Labute approximate surface area is 114 Å². The molecule has 0 aliphatic heterocycles. The van der Waals surface area contributed by atoms with Crippen LogP contribution in [0.3, 0.4) is 0 Å². The molecule has 0 saturated heterocycles. The van der Waals surface area contributed by atoms with Gasteiger partial charge in [0.2, 0.25) is 0 Å². The highest BCUT2D eigenvalue weighted by Gasteiger charge is 2.12. The van der Waals surface area contributed by atoms with Crippen molar-refractivity contribution in [3.63, 3.8) is 0 Å². The van der Waals surface area contributed by atoms with E-state index in [0.717, 1.165) is 10.5 Å². The van der Waals surface area contributed by atoms with Gasteiger partial charge in [0, 0.05) is 4.90 Å². The van der Waals surface area contributed by atoms with Crippen molar-refractivity contribution in [3.05, 3.63) is 64.1 Å². The van der Waals surface area contributed by atoms with E-state index in [4.69, 9.17) is 23.2 Å². The van der Waals surface area contributed by atoms with E-state index in [1.807, 2.05) is 42.5 Å². The fourth-order valence-electron chi connectivity index (χ4n) is 1.38. The molecule has 1 atom stereocenters. The van der Waals surface area contributed by atoms with Gasteiger partial charge >= 0.3 is 0 Å². The Balaban J connectivity index is 2.19. The molecule has 0 aliphatic rings. The van der Waals surface area contributed by atoms with E-state index in [9.17, 15) is 5.11 Å². The Morgan fingerprint density at radius 1 is 0.941 bits per heavy atom. The van der Waals surface area contributed by atoms with Crippen LogP contribution in [0.1, 0.15) is 11.0 Å². The number of aliphatic hydroxyl groups excluding tert-OH is 1. The summed E-state index contributed by atoms with van der Waals surface area (Å²) in [6.07, 6.45) is 0. The lowest BCUT2D eigenvalue weighted by Gasteiger charge is -2.12. The van der Waals surface area contributed by atoms with Gasteiger partial charge in [-0.15, -0.1) is 0 Å². The van der Waals surface area contributed by atoms with E-state index in [1.54, 1.807) is 6.07 Å². The fourth-order valence-corrected chi connectivity index (χ4v) is 2.78. The number of thioether (sulfide) groups is 1. The van der Waals surface area contributed by atoms with Crippen molar-refractivity contribution >= 4 is 35.0 Å². The molecule has 2 rings (SSSR count). The Bertz CT molecular complexity index is 502. The SMILES string of the molecule is OC(Sc1cccc(Cl)c1Cl)c1ccccc1. The average molecular weight is 285 g/mol. The van der Waals surface area contributed by atoms with E-state index in [-0.39, 0.29) is 0 Å². The number of hydrogen-bond acceptors (Lipinski definition) is 2. The summed E-state index contributed by atoms with van der Waals surface area (Å²) >= 11 is 13.3. The Kier molecular flexibility index (Phi) is 4.35. The Morgan fingerprint density at radius 2 is 1.65 bits per heavy atom. The molecule has 88 valence electrons. The quantitative estimate of drug-likeness (QED) is 0.647. The van der Waals surface area contributed by atoms with Crippen LogP contribution in [0.2, 0.25) is 10.0 Å². The molecule has 4 heteroatoms. The van der Waals surface area contributed by atoms with Crippen LogP contribution in [0.4, 0.5) is 0 Å². The monoisotopic (exact) mass is 284 g/mol. The van der Waals surface area contributed by atoms with Gasteiger partial charge in [0.15, 0.2) is 0 Å². The summed E-state index contributed by atoms with van der Waals surface area (Å²) in [7, 11) is 0. The molecule has 0 aliphatic carbocycles. The van der Waals surface area contributed by atoms with Crippen LogP contribution in [-0.2, 0) is 0 Å². The largest absolute Gasteiger partial charge is 0.378 e. The van der Waals surface area contributed by atoms with Gasteiger partial charge in [0.25, 0.3) is 0 Å². The highest BCUT2D eigenvalue weighted by Crippen LogP contribution is 2.39. The van der Waals surface area contributed by atoms with E-state index in [1.165, 1.54) is 11.8 Å². The Morgan fingerprint density at radius 3 is 2.35 bits per heavy atom. The molecular weight excluding hydrogens is 275 g/mol. The summed E-state index contributed by atoms with van der Waals surface area (Å²) in [5.41, 5.74) is 0.195. The number of hydrogen-bond donors (Lipinski definition) is 1. The first kappa shape index (κ1) is 12.8. The molecule has 0 saturated carbocycles. The first-order valence-corrected chi connectivity index (χ1v) is 6.65. The van der Waals surface area contributed by atoms with E-state index >= 15 is 0 Å². The molecular formula is C13H10Cl2OS. The van der Waals surface area contributed by atoms with Gasteiger partial charge in [-0.05, 0) is 17.7 Å². The normalized spacial score (nSPS) is 12.4. The van der Waals surface area contributed by atoms with Gasteiger partial charge in [-0.1, -0.05) is 71.4 Å². The molecule has 1 nitrogen and oxygen atoms in total. The molecule has 2 aromatic carbocycles. The molecule has 0 amide bonds. The van der Waals surface area contributed by atoms with Crippen molar-refractivity contribution < 1.29 is 5.11 Å². The number of rotatable bonds is 3. The van der Waals surface area contributed by atoms with Crippen LogP contribution < -0.4 is 0 Å². The van der Waals surface area contributed by atoms with Crippen LogP contribution >= 0.6 is 35.0 Å². The maximum Gasteiger partial charge on any atom is 0.129 e. The van der Waals surface area contributed by atoms with Gasteiger partial charge in [0.1, 0.15) is 5.44 Å². The second-order valence-corrected chi connectivity index (χ2v) is 5.34. The van der Waals surface area contributed by atoms with Crippen LogP contribution in [0, 0.1) is 0 Å². The summed E-state index contributed by atoms with van der Waals surface area (Å²) in [5.74, 6) is 0.